The smallest absolute Gasteiger partial charge is 0.339 e. The molecule has 0 spiro atoms. The molecule has 1 aromatic heterocycles. The molecule has 1 saturated heterocycles. The Bertz CT molecular complexity index is 518. The predicted octanol–water partition coefficient (Wildman–Crippen LogP) is 0.0768. The Kier molecular flexibility index (Phi) is 3.55. The van der Waals surface area contributed by atoms with Gasteiger partial charge in [-0.2, -0.15) is 0 Å². The Labute approximate surface area is 110 Å². The number of nitrogens with one attached hydrogen (secondary N) is 1. The lowest BCUT2D eigenvalue weighted by Crippen LogP contribution is -2.42. The topological polar surface area (TPSA) is 109 Å². The fraction of sp³-hybridized carbons (Fsp3) is 0.417. The first kappa shape index (κ1) is 13.1. The summed E-state index contributed by atoms with van der Waals surface area (Å²) in [4.78, 5) is 28.9. The summed E-state index contributed by atoms with van der Waals surface area (Å²) in [6.45, 7) is 0.606. The highest BCUT2D eigenvalue weighted by Crippen LogP contribution is 2.28. The third kappa shape index (κ3) is 2.44. The summed E-state index contributed by atoms with van der Waals surface area (Å²) in [5.74, 6) is -0.933. The Morgan fingerprint density at radius 3 is 2.95 bits per heavy atom. The predicted molar refractivity (Wildman–Crippen MR) is 70.0 cm³/mol. The number of aromatic nitrogens is 1. The molecule has 102 valence electrons. The highest BCUT2D eigenvalue weighted by molar-refractivity contribution is 5.96. The maximum Gasteiger partial charge on any atom is 0.339 e. The summed E-state index contributed by atoms with van der Waals surface area (Å²) in [5.41, 5.74) is 5.87. The zero-order valence-corrected chi connectivity index (χ0v) is 10.6. The van der Waals surface area contributed by atoms with Crippen LogP contribution in [0.4, 0.5) is 11.5 Å². The molecular formula is C12H16N4O3. The molecule has 0 aliphatic carbocycles. The first-order chi connectivity index (χ1) is 9.04. The SMILES string of the molecule is CNC(=O)C1CCCN1c1ncc(N)cc1C(=O)O. The van der Waals surface area contributed by atoms with Crippen LogP contribution in [0, 0.1) is 0 Å². The molecule has 4 N–H and O–H groups in total. The summed E-state index contributed by atoms with van der Waals surface area (Å²) in [7, 11) is 1.56. The van der Waals surface area contributed by atoms with Gasteiger partial charge in [0.25, 0.3) is 0 Å². The van der Waals surface area contributed by atoms with Crippen LogP contribution in [0.25, 0.3) is 0 Å². The number of anilines is 2. The van der Waals surface area contributed by atoms with Crippen LogP contribution < -0.4 is 16.0 Å². The van der Waals surface area contributed by atoms with E-state index in [2.05, 4.69) is 10.3 Å². The van der Waals surface area contributed by atoms with Crippen molar-refractivity contribution in [3.05, 3.63) is 17.8 Å². The minimum atomic E-state index is -1.10. The lowest BCUT2D eigenvalue weighted by Gasteiger charge is -2.25. The first-order valence-electron chi connectivity index (χ1n) is 6.01. The number of nitrogens with zero attached hydrogens (tertiary/aromatic N) is 2. The molecule has 1 atom stereocenters. The van der Waals surface area contributed by atoms with Crippen LogP contribution in [0.2, 0.25) is 0 Å². The number of carbonyl (C=O) groups excluding carboxylic acids is 1. The van der Waals surface area contributed by atoms with Gasteiger partial charge in [0, 0.05) is 13.6 Å². The van der Waals surface area contributed by atoms with Crippen molar-refractivity contribution in [1.29, 1.82) is 0 Å². The Balaban J connectivity index is 2.40. The molecule has 1 amide bonds. The van der Waals surface area contributed by atoms with Crippen LogP contribution in [0.15, 0.2) is 12.3 Å². The van der Waals surface area contributed by atoms with Crippen LogP contribution >= 0.6 is 0 Å². The normalized spacial score (nSPS) is 18.4. The minimum Gasteiger partial charge on any atom is -0.478 e. The number of carboxylic acids is 1. The van der Waals surface area contributed by atoms with E-state index in [-0.39, 0.29) is 23.2 Å². The van der Waals surface area contributed by atoms with Gasteiger partial charge in [0.15, 0.2) is 0 Å². The molecule has 2 heterocycles. The molecule has 1 fully saturated rings. The molecule has 1 unspecified atom stereocenters. The summed E-state index contributed by atoms with van der Waals surface area (Å²) in [6.07, 6.45) is 2.91. The fourth-order valence-corrected chi connectivity index (χ4v) is 2.32. The molecule has 7 nitrogen and oxygen atoms in total. The molecule has 1 aliphatic heterocycles. The number of aromatic carboxylic acids is 1. The Morgan fingerprint density at radius 2 is 2.32 bits per heavy atom. The van der Waals surface area contributed by atoms with Crippen LogP contribution in [-0.2, 0) is 4.79 Å². The van der Waals surface area contributed by atoms with Crippen molar-refractivity contribution in [1.82, 2.24) is 10.3 Å². The van der Waals surface area contributed by atoms with Gasteiger partial charge in [-0.15, -0.1) is 0 Å². The number of nitrogens with two attached hydrogens (primary N) is 1. The Morgan fingerprint density at radius 1 is 1.58 bits per heavy atom. The van der Waals surface area contributed by atoms with Crippen molar-refractivity contribution < 1.29 is 14.7 Å². The van der Waals surface area contributed by atoms with E-state index in [1.807, 2.05) is 0 Å². The second-order valence-corrected chi connectivity index (χ2v) is 4.41. The summed E-state index contributed by atoms with van der Waals surface area (Å²) in [6, 6.07) is 0.989. The van der Waals surface area contributed by atoms with Crippen LogP contribution in [0.3, 0.4) is 0 Å². The van der Waals surface area contributed by atoms with Gasteiger partial charge in [-0.1, -0.05) is 0 Å². The van der Waals surface area contributed by atoms with E-state index in [1.54, 1.807) is 11.9 Å². The van der Waals surface area contributed by atoms with Crippen LogP contribution in [-0.4, -0.2) is 41.6 Å². The van der Waals surface area contributed by atoms with Gasteiger partial charge in [0.1, 0.15) is 17.4 Å². The molecule has 0 aromatic carbocycles. The van der Waals surface area contributed by atoms with Gasteiger partial charge in [-0.3, -0.25) is 4.79 Å². The minimum absolute atomic E-state index is 0.0239. The molecule has 7 heteroatoms. The summed E-state index contributed by atoms with van der Waals surface area (Å²) in [5, 5.41) is 11.8. The van der Waals surface area contributed by atoms with E-state index in [0.717, 1.165) is 6.42 Å². The zero-order chi connectivity index (χ0) is 14.0. The van der Waals surface area contributed by atoms with Gasteiger partial charge in [-0.05, 0) is 18.9 Å². The van der Waals surface area contributed by atoms with Crippen LogP contribution in [0.5, 0.6) is 0 Å². The molecular weight excluding hydrogens is 248 g/mol. The van der Waals surface area contributed by atoms with Crippen molar-refractivity contribution in [2.45, 2.75) is 18.9 Å². The fourth-order valence-electron chi connectivity index (χ4n) is 2.32. The van der Waals surface area contributed by atoms with E-state index >= 15 is 0 Å². The molecule has 0 saturated carbocycles. The number of pyridine rings is 1. The van der Waals surface area contributed by atoms with E-state index in [9.17, 15) is 14.7 Å². The number of hydrogen-bond acceptors (Lipinski definition) is 5. The third-order valence-corrected chi connectivity index (χ3v) is 3.19. The number of likely N-dealkylation sites (N-methyl/N-ethyl adjacent to an activating group) is 1. The maximum absolute atomic E-state index is 11.8. The van der Waals surface area contributed by atoms with Gasteiger partial charge in [0.2, 0.25) is 5.91 Å². The van der Waals surface area contributed by atoms with Crippen molar-refractivity contribution in [2.24, 2.45) is 0 Å². The number of carboxylic acid groups (broad SMARTS) is 1. The largest absolute Gasteiger partial charge is 0.478 e. The van der Waals surface area contributed by atoms with E-state index in [4.69, 9.17) is 5.73 Å². The van der Waals surface area contributed by atoms with Gasteiger partial charge in [0.05, 0.1) is 11.9 Å². The molecule has 0 radical (unpaired) electrons. The summed E-state index contributed by atoms with van der Waals surface area (Å²) >= 11 is 0. The van der Waals surface area contributed by atoms with Crippen molar-refractivity contribution in [3.8, 4) is 0 Å². The van der Waals surface area contributed by atoms with E-state index in [1.165, 1.54) is 12.3 Å². The lowest BCUT2D eigenvalue weighted by atomic mass is 10.2. The van der Waals surface area contributed by atoms with Crippen molar-refractivity contribution in [2.75, 3.05) is 24.2 Å². The quantitative estimate of drug-likeness (QED) is 0.713. The first-order valence-corrected chi connectivity index (χ1v) is 6.01. The number of hydrogen-bond donors (Lipinski definition) is 3. The van der Waals surface area contributed by atoms with E-state index in [0.29, 0.717) is 18.8 Å². The molecule has 1 aromatic rings. The average molecular weight is 264 g/mol. The average Bonchev–Trinajstić information content (AvgIpc) is 2.86. The standard InChI is InChI=1S/C12H16N4O3/c1-14-11(17)9-3-2-4-16(9)10-8(12(18)19)5-7(13)6-15-10/h5-6,9H,2-4,13H2,1H3,(H,14,17)(H,18,19). The third-order valence-electron chi connectivity index (χ3n) is 3.19. The Hall–Kier alpha value is -2.31. The zero-order valence-electron chi connectivity index (χ0n) is 10.6. The van der Waals surface area contributed by atoms with Gasteiger partial charge >= 0.3 is 5.97 Å². The molecule has 1 aliphatic rings. The van der Waals surface area contributed by atoms with Gasteiger partial charge < -0.3 is 21.1 Å². The molecule has 2 rings (SSSR count). The van der Waals surface area contributed by atoms with E-state index < -0.39 is 5.97 Å². The summed E-state index contributed by atoms with van der Waals surface area (Å²) < 4.78 is 0. The monoisotopic (exact) mass is 264 g/mol. The van der Waals surface area contributed by atoms with Gasteiger partial charge in [-0.25, -0.2) is 9.78 Å². The number of nitrogen functional groups attached to an aromatic ring is 1. The molecule has 19 heavy (non-hydrogen) atoms. The van der Waals surface area contributed by atoms with Crippen LogP contribution in [0.1, 0.15) is 23.2 Å². The highest BCUT2D eigenvalue weighted by Gasteiger charge is 2.33. The number of rotatable bonds is 3. The maximum atomic E-state index is 11.8. The lowest BCUT2D eigenvalue weighted by molar-refractivity contribution is -0.121. The second-order valence-electron chi connectivity index (χ2n) is 4.41. The van der Waals surface area contributed by atoms with Crippen molar-refractivity contribution in [3.63, 3.8) is 0 Å². The second kappa shape index (κ2) is 5.13. The highest BCUT2D eigenvalue weighted by atomic mass is 16.4. The number of carbonyl (C=O) groups is 2. The number of amides is 1. The van der Waals surface area contributed by atoms with Crippen molar-refractivity contribution >= 4 is 23.4 Å². The molecule has 0 bridgehead atoms.